The summed E-state index contributed by atoms with van der Waals surface area (Å²) in [6.07, 6.45) is 7.20. The molecule has 0 N–H and O–H groups in total. The second-order valence-corrected chi connectivity index (χ2v) is 6.74. The van der Waals surface area contributed by atoms with Crippen LogP contribution in [0.5, 0.6) is 0 Å². The summed E-state index contributed by atoms with van der Waals surface area (Å²) in [4.78, 5) is 0. The average Bonchev–Trinajstić information content (AvgIpc) is 2.93. The third kappa shape index (κ3) is 1.97. The lowest BCUT2D eigenvalue weighted by molar-refractivity contribution is 0.196. The maximum Gasteiger partial charge on any atom is 0.00939 e. The minimum absolute atomic E-state index is 0.565. The Labute approximate surface area is 113 Å². The van der Waals surface area contributed by atoms with Crippen molar-refractivity contribution in [3.63, 3.8) is 0 Å². The van der Waals surface area contributed by atoms with Gasteiger partial charge in [-0.1, -0.05) is 46.6 Å². The van der Waals surface area contributed by atoms with Gasteiger partial charge >= 0.3 is 0 Å². The number of aryl methyl sites for hydroxylation is 1. The number of fused-ring (bicyclic) bond motifs is 2. The van der Waals surface area contributed by atoms with E-state index in [1.54, 1.807) is 5.56 Å². The molecule has 2 saturated carbocycles. The van der Waals surface area contributed by atoms with Crippen molar-refractivity contribution in [2.75, 3.05) is 5.33 Å². The fourth-order valence-electron chi connectivity index (χ4n) is 4.17. The van der Waals surface area contributed by atoms with Crippen LogP contribution in [0.4, 0.5) is 0 Å². The van der Waals surface area contributed by atoms with Gasteiger partial charge in [-0.2, -0.15) is 0 Å². The first-order valence-electron chi connectivity index (χ1n) is 6.84. The van der Waals surface area contributed by atoms with Crippen LogP contribution in [-0.4, -0.2) is 5.33 Å². The minimum Gasteiger partial charge on any atom is -0.0922 e. The molecule has 1 aromatic carbocycles. The third-order valence-electron chi connectivity index (χ3n) is 5.17. The van der Waals surface area contributed by atoms with Crippen LogP contribution in [0, 0.1) is 24.2 Å². The van der Waals surface area contributed by atoms with E-state index in [0.29, 0.717) is 5.41 Å². The average molecular weight is 293 g/mol. The summed E-state index contributed by atoms with van der Waals surface area (Å²) in [6, 6.07) is 8.92. The van der Waals surface area contributed by atoms with E-state index in [4.69, 9.17) is 0 Å². The van der Waals surface area contributed by atoms with E-state index in [1.165, 1.54) is 43.0 Å². The Morgan fingerprint density at radius 3 is 2.71 bits per heavy atom. The first-order valence-corrected chi connectivity index (χ1v) is 7.96. The van der Waals surface area contributed by atoms with Crippen LogP contribution in [0.1, 0.15) is 36.8 Å². The van der Waals surface area contributed by atoms with Crippen molar-refractivity contribution < 1.29 is 0 Å². The predicted molar refractivity (Wildman–Crippen MR) is 76.6 cm³/mol. The van der Waals surface area contributed by atoms with E-state index in [0.717, 1.165) is 11.8 Å². The monoisotopic (exact) mass is 292 g/mol. The quantitative estimate of drug-likeness (QED) is 0.706. The molecule has 92 valence electrons. The highest BCUT2D eigenvalue weighted by Crippen LogP contribution is 2.58. The van der Waals surface area contributed by atoms with E-state index in [9.17, 15) is 0 Å². The first kappa shape index (κ1) is 11.8. The van der Waals surface area contributed by atoms with Crippen molar-refractivity contribution >= 4 is 15.9 Å². The van der Waals surface area contributed by atoms with Crippen LogP contribution in [-0.2, 0) is 6.42 Å². The van der Waals surface area contributed by atoms with E-state index < -0.39 is 0 Å². The van der Waals surface area contributed by atoms with Gasteiger partial charge in [0, 0.05) is 5.33 Å². The van der Waals surface area contributed by atoms with Gasteiger partial charge in [0.2, 0.25) is 0 Å². The van der Waals surface area contributed by atoms with Crippen molar-refractivity contribution in [1.82, 2.24) is 0 Å². The maximum atomic E-state index is 3.82. The van der Waals surface area contributed by atoms with Gasteiger partial charge in [-0.25, -0.2) is 0 Å². The van der Waals surface area contributed by atoms with Gasteiger partial charge in [0.25, 0.3) is 0 Å². The summed E-state index contributed by atoms with van der Waals surface area (Å²) in [5.41, 5.74) is 3.60. The van der Waals surface area contributed by atoms with Gasteiger partial charge in [0.1, 0.15) is 0 Å². The Morgan fingerprint density at radius 2 is 2.12 bits per heavy atom. The molecule has 0 aliphatic heterocycles. The SMILES string of the molecule is Cc1ccccc1CC1(CBr)CC2CCC1C2. The minimum atomic E-state index is 0.565. The zero-order valence-corrected chi connectivity index (χ0v) is 12.2. The zero-order chi connectivity index (χ0) is 11.9. The van der Waals surface area contributed by atoms with Gasteiger partial charge in [-0.05, 0) is 61.0 Å². The molecule has 3 rings (SSSR count). The van der Waals surface area contributed by atoms with Crippen LogP contribution in [0.25, 0.3) is 0 Å². The second-order valence-electron chi connectivity index (χ2n) is 6.18. The molecule has 1 aromatic rings. The maximum absolute atomic E-state index is 3.82. The van der Waals surface area contributed by atoms with Gasteiger partial charge in [0.05, 0.1) is 0 Å². The number of benzene rings is 1. The molecule has 2 aliphatic carbocycles. The standard InChI is InChI=1S/C16H21Br/c1-12-4-2-3-5-14(12)10-16(11-17)9-13-6-7-15(16)8-13/h2-5,13,15H,6-11H2,1H3. The molecule has 2 fully saturated rings. The number of hydrogen-bond donors (Lipinski definition) is 0. The smallest absolute Gasteiger partial charge is 0.00939 e. The first-order chi connectivity index (χ1) is 8.23. The number of rotatable bonds is 3. The number of halogens is 1. The second kappa shape index (κ2) is 4.42. The highest BCUT2D eigenvalue weighted by molar-refractivity contribution is 9.09. The van der Waals surface area contributed by atoms with E-state index in [1.807, 2.05) is 0 Å². The molecular weight excluding hydrogens is 272 g/mol. The molecule has 2 aliphatic rings. The topological polar surface area (TPSA) is 0 Å². The van der Waals surface area contributed by atoms with Crippen molar-refractivity contribution in [2.45, 2.75) is 39.0 Å². The van der Waals surface area contributed by atoms with Crippen LogP contribution >= 0.6 is 15.9 Å². The van der Waals surface area contributed by atoms with Crippen LogP contribution in [0.3, 0.4) is 0 Å². The van der Waals surface area contributed by atoms with E-state index >= 15 is 0 Å². The highest BCUT2D eigenvalue weighted by atomic mass is 79.9. The van der Waals surface area contributed by atoms with Crippen LogP contribution < -0.4 is 0 Å². The molecule has 0 nitrogen and oxygen atoms in total. The van der Waals surface area contributed by atoms with Crippen molar-refractivity contribution in [2.24, 2.45) is 17.3 Å². The van der Waals surface area contributed by atoms with Gasteiger partial charge in [-0.15, -0.1) is 0 Å². The van der Waals surface area contributed by atoms with Crippen molar-refractivity contribution in [3.8, 4) is 0 Å². The molecule has 0 amide bonds. The molecule has 0 spiro atoms. The molecule has 17 heavy (non-hydrogen) atoms. The molecule has 0 heterocycles. The Kier molecular flexibility index (Phi) is 3.06. The molecule has 3 atom stereocenters. The predicted octanol–water partition coefficient (Wildman–Crippen LogP) is 4.74. The lowest BCUT2D eigenvalue weighted by Crippen LogP contribution is -2.32. The Morgan fingerprint density at radius 1 is 1.29 bits per heavy atom. The Balaban J connectivity index is 1.86. The number of alkyl halides is 1. The van der Waals surface area contributed by atoms with Gasteiger partial charge in [-0.3, -0.25) is 0 Å². The van der Waals surface area contributed by atoms with Crippen LogP contribution in [0.15, 0.2) is 24.3 Å². The van der Waals surface area contributed by atoms with Crippen LogP contribution in [0.2, 0.25) is 0 Å². The summed E-state index contributed by atoms with van der Waals surface area (Å²) in [6.45, 7) is 2.25. The number of hydrogen-bond acceptors (Lipinski definition) is 0. The summed E-state index contributed by atoms with van der Waals surface area (Å²) >= 11 is 3.82. The Bertz CT molecular complexity index is 412. The van der Waals surface area contributed by atoms with Crippen molar-refractivity contribution in [1.29, 1.82) is 0 Å². The Hall–Kier alpha value is -0.300. The molecule has 2 bridgehead atoms. The largest absolute Gasteiger partial charge is 0.0922 e. The van der Waals surface area contributed by atoms with E-state index in [-0.39, 0.29) is 0 Å². The van der Waals surface area contributed by atoms with Gasteiger partial charge in [0.15, 0.2) is 0 Å². The molecular formula is C16H21Br. The summed E-state index contributed by atoms with van der Waals surface area (Å²) in [5.74, 6) is 2.01. The molecule has 1 heteroatoms. The molecule has 0 radical (unpaired) electrons. The molecule has 3 unspecified atom stereocenters. The highest BCUT2D eigenvalue weighted by Gasteiger charge is 2.49. The lowest BCUT2D eigenvalue weighted by atomic mass is 9.70. The fourth-order valence-corrected chi connectivity index (χ4v) is 5.06. The third-order valence-corrected chi connectivity index (χ3v) is 6.29. The van der Waals surface area contributed by atoms with Gasteiger partial charge < -0.3 is 0 Å². The normalized spacial score (nSPS) is 35.4. The summed E-state index contributed by atoms with van der Waals surface area (Å²) < 4.78 is 0. The summed E-state index contributed by atoms with van der Waals surface area (Å²) in [7, 11) is 0. The van der Waals surface area contributed by atoms with Crippen molar-refractivity contribution in [3.05, 3.63) is 35.4 Å². The molecule has 0 saturated heterocycles. The van der Waals surface area contributed by atoms with E-state index in [2.05, 4.69) is 47.1 Å². The zero-order valence-electron chi connectivity index (χ0n) is 10.6. The molecule has 0 aromatic heterocycles. The fraction of sp³-hybridized carbons (Fsp3) is 0.625. The lowest BCUT2D eigenvalue weighted by Gasteiger charge is -2.37. The summed E-state index contributed by atoms with van der Waals surface area (Å²) in [5, 5.41) is 1.19.